The van der Waals surface area contributed by atoms with Gasteiger partial charge in [-0.15, -0.1) is 11.3 Å². The van der Waals surface area contributed by atoms with Gasteiger partial charge in [-0.2, -0.15) is 5.26 Å². The topological polar surface area (TPSA) is 93.9 Å². The first kappa shape index (κ1) is 22.3. The maximum absolute atomic E-state index is 12.8. The lowest BCUT2D eigenvalue weighted by Gasteiger charge is -2.21. The zero-order chi connectivity index (χ0) is 22.7. The molecule has 0 spiro atoms. The fraction of sp³-hybridized carbons (Fsp3) is 0.261. The molecule has 31 heavy (non-hydrogen) atoms. The van der Waals surface area contributed by atoms with E-state index in [9.17, 15) is 20.0 Å². The van der Waals surface area contributed by atoms with Gasteiger partial charge in [-0.1, -0.05) is 18.2 Å². The number of fused-ring (bicyclic) bond motifs is 1. The number of phenols is 1. The van der Waals surface area contributed by atoms with Crippen LogP contribution in [0.25, 0.3) is 10.1 Å². The van der Waals surface area contributed by atoms with E-state index in [4.69, 9.17) is 4.74 Å². The zero-order valence-electron chi connectivity index (χ0n) is 17.8. The third kappa shape index (κ3) is 4.38. The van der Waals surface area contributed by atoms with Gasteiger partial charge in [-0.05, 0) is 37.9 Å². The Kier molecular flexibility index (Phi) is 6.59. The van der Waals surface area contributed by atoms with Crippen LogP contribution >= 0.6 is 11.3 Å². The molecule has 0 fully saturated rings. The number of ether oxygens (including phenoxy) is 1. The van der Waals surface area contributed by atoms with Gasteiger partial charge in [0.2, 0.25) is 5.91 Å². The summed E-state index contributed by atoms with van der Waals surface area (Å²) in [5, 5.41) is 20.9. The highest BCUT2D eigenvalue weighted by atomic mass is 32.1. The lowest BCUT2D eigenvalue weighted by atomic mass is 10.1. The molecular weight excluding hydrogens is 414 g/mol. The summed E-state index contributed by atoms with van der Waals surface area (Å²) >= 11 is 1.25. The fourth-order valence-electron chi connectivity index (χ4n) is 3.42. The SMILES string of the molecule is COC(=O)c1c(N(Cc2ccccc2C#N)C(C)=O)sc2c(CN(C)C)c(O)ccc12. The van der Waals surface area contributed by atoms with Crippen molar-refractivity contribution in [1.29, 1.82) is 5.26 Å². The summed E-state index contributed by atoms with van der Waals surface area (Å²) in [6.45, 7) is 2.00. The zero-order valence-corrected chi connectivity index (χ0v) is 18.6. The van der Waals surface area contributed by atoms with E-state index in [2.05, 4.69) is 6.07 Å². The van der Waals surface area contributed by atoms with E-state index in [0.29, 0.717) is 38.3 Å². The van der Waals surface area contributed by atoms with E-state index in [-0.39, 0.29) is 23.8 Å². The van der Waals surface area contributed by atoms with E-state index in [1.54, 1.807) is 36.4 Å². The number of phenolic OH excluding ortho intramolecular Hbond substituents is 1. The molecule has 1 heterocycles. The molecule has 1 N–H and O–H groups in total. The number of benzene rings is 2. The van der Waals surface area contributed by atoms with E-state index in [0.717, 1.165) is 0 Å². The van der Waals surface area contributed by atoms with Crippen LogP contribution < -0.4 is 4.90 Å². The van der Waals surface area contributed by atoms with Crippen molar-refractivity contribution in [2.24, 2.45) is 0 Å². The van der Waals surface area contributed by atoms with Crippen LogP contribution in [-0.2, 0) is 22.6 Å². The molecule has 3 aromatic rings. The smallest absolute Gasteiger partial charge is 0.341 e. The van der Waals surface area contributed by atoms with Crippen LogP contribution in [0.4, 0.5) is 5.00 Å². The molecule has 3 rings (SSSR count). The van der Waals surface area contributed by atoms with Crippen LogP contribution in [-0.4, -0.2) is 43.1 Å². The lowest BCUT2D eigenvalue weighted by molar-refractivity contribution is -0.116. The van der Waals surface area contributed by atoms with Gasteiger partial charge < -0.3 is 14.7 Å². The van der Waals surface area contributed by atoms with Gasteiger partial charge in [-0.25, -0.2) is 4.79 Å². The first-order valence-electron chi connectivity index (χ1n) is 9.55. The van der Waals surface area contributed by atoms with Crippen LogP contribution in [0.1, 0.15) is 34.0 Å². The van der Waals surface area contributed by atoms with Gasteiger partial charge in [0, 0.05) is 29.1 Å². The van der Waals surface area contributed by atoms with Gasteiger partial charge >= 0.3 is 5.97 Å². The van der Waals surface area contributed by atoms with Crippen molar-refractivity contribution in [2.75, 3.05) is 26.1 Å². The van der Waals surface area contributed by atoms with Crippen LogP contribution in [0.5, 0.6) is 5.75 Å². The summed E-state index contributed by atoms with van der Waals surface area (Å²) in [5.41, 5.74) is 2.07. The predicted octanol–water partition coefficient (Wildman–Crippen LogP) is 3.88. The van der Waals surface area contributed by atoms with Gasteiger partial charge in [0.05, 0.1) is 25.3 Å². The number of carbonyl (C=O) groups excluding carboxylic acids is 2. The molecule has 160 valence electrons. The Hall–Kier alpha value is -3.41. The lowest BCUT2D eigenvalue weighted by Crippen LogP contribution is -2.29. The molecule has 1 amide bonds. The van der Waals surface area contributed by atoms with Crippen LogP contribution in [0, 0.1) is 11.3 Å². The van der Waals surface area contributed by atoms with Crippen molar-refractivity contribution in [2.45, 2.75) is 20.0 Å². The Morgan fingerprint density at radius 1 is 1.16 bits per heavy atom. The number of amides is 1. The van der Waals surface area contributed by atoms with Gasteiger partial charge in [0.15, 0.2) is 0 Å². The summed E-state index contributed by atoms with van der Waals surface area (Å²) in [7, 11) is 5.06. The monoisotopic (exact) mass is 437 g/mol. The average molecular weight is 438 g/mol. The van der Waals surface area contributed by atoms with E-state index in [1.165, 1.54) is 30.3 Å². The third-order valence-electron chi connectivity index (χ3n) is 4.87. The largest absolute Gasteiger partial charge is 0.508 e. The maximum atomic E-state index is 12.8. The Morgan fingerprint density at radius 3 is 2.48 bits per heavy atom. The molecule has 8 heteroatoms. The first-order chi connectivity index (χ1) is 14.8. The van der Waals surface area contributed by atoms with Gasteiger partial charge in [-0.3, -0.25) is 9.69 Å². The minimum absolute atomic E-state index is 0.120. The predicted molar refractivity (Wildman–Crippen MR) is 120 cm³/mol. The van der Waals surface area contributed by atoms with Crippen molar-refractivity contribution >= 4 is 38.3 Å². The summed E-state index contributed by atoms with van der Waals surface area (Å²) in [6.07, 6.45) is 0. The Labute approximate surface area is 184 Å². The molecule has 1 aromatic heterocycles. The molecule has 0 aliphatic heterocycles. The minimum atomic E-state index is -0.567. The van der Waals surface area contributed by atoms with Crippen molar-refractivity contribution in [3.05, 3.63) is 58.7 Å². The Bertz CT molecular complexity index is 1190. The molecule has 7 nitrogen and oxygen atoms in total. The fourth-order valence-corrected chi connectivity index (χ4v) is 4.78. The number of rotatable bonds is 6. The van der Waals surface area contributed by atoms with E-state index in [1.807, 2.05) is 19.0 Å². The Balaban J connectivity index is 2.25. The standard InChI is InChI=1S/C23H23N3O4S/c1-14(27)26(12-16-8-6-5-7-15(16)11-24)22-20(23(29)30-4)17-9-10-19(28)18(13-25(2)3)21(17)31-22/h5-10,28H,12-13H2,1-4H3. The normalized spacial score (nSPS) is 10.8. The summed E-state index contributed by atoms with van der Waals surface area (Å²) < 4.78 is 5.74. The number of anilines is 1. The van der Waals surface area contributed by atoms with Crippen molar-refractivity contribution in [3.8, 4) is 11.8 Å². The summed E-state index contributed by atoms with van der Waals surface area (Å²) in [5.74, 6) is -0.722. The molecule has 2 aromatic carbocycles. The molecule has 0 unspecified atom stereocenters. The highest BCUT2D eigenvalue weighted by Crippen LogP contribution is 2.43. The van der Waals surface area contributed by atoms with Gasteiger partial charge in [0.25, 0.3) is 0 Å². The molecular formula is C23H23N3O4S. The highest BCUT2D eigenvalue weighted by molar-refractivity contribution is 7.23. The maximum Gasteiger partial charge on any atom is 0.341 e. The number of carbonyl (C=O) groups is 2. The summed E-state index contributed by atoms with van der Waals surface area (Å²) in [6, 6.07) is 12.4. The van der Waals surface area contributed by atoms with E-state index < -0.39 is 5.97 Å². The molecule has 0 bridgehead atoms. The molecule has 0 saturated carbocycles. The van der Waals surface area contributed by atoms with Crippen LogP contribution in [0.3, 0.4) is 0 Å². The van der Waals surface area contributed by atoms with E-state index >= 15 is 0 Å². The highest BCUT2D eigenvalue weighted by Gasteiger charge is 2.28. The van der Waals surface area contributed by atoms with Crippen molar-refractivity contribution in [1.82, 2.24) is 4.90 Å². The van der Waals surface area contributed by atoms with Gasteiger partial charge in [0.1, 0.15) is 16.3 Å². The minimum Gasteiger partial charge on any atom is -0.508 e. The number of nitrogens with zero attached hydrogens (tertiary/aromatic N) is 3. The molecule has 0 aliphatic rings. The third-order valence-corrected chi connectivity index (χ3v) is 6.16. The second kappa shape index (κ2) is 9.16. The quantitative estimate of drug-likeness (QED) is 0.588. The second-order valence-electron chi connectivity index (χ2n) is 7.33. The number of aromatic hydroxyl groups is 1. The van der Waals surface area contributed by atoms with Crippen LogP contribution in [0.2, 0.25) is 0 Å². The number of thiophene rings is 1. The summed E-state index contributed by atoms with van der Waals surface area (Å²) in [4.78, 5) is 28.8. The number of hydrogen-bond acceptors (Lipinski definition) is 7. The number of methoxy groups -OCH3 is 1. The molecule has 0 aliphatic carbocycles. The number of nitriles is 1. The number of esters is 1. The first-order valence-corrected chi connectivity index (χ1v) is 10.4. The molecule has 0 atom stereocenters. The van der Waals surface area contributed by atoms with Crippen molar-refractivity contribution in [3.63, 3.8) is 0 Å². The second-order valence-corrected chi connectivity index (χ2v) is 8.32. The molecule has 0 saturated heterocycles. The Morgan fingerprint density at radius 2 is 1.87 bits per heavy atom. The molecule has 0 radical (unpaired) electrons. The average Bonchev–Trinajstić information content (AvgIpc) is 3.12. The van der Waals surface area contributed by atoms with Crippen LogP contribution in [0.15, 0.2) is 36.4 Å². The van der Waals surface area contributed by atoms with Crippen molar-refractivity contribution < 1.29 is 19.4 Å². The number of hydrogen-bond donors (Lipinski definition) is 1.